The molecule has 2 N–H and O–H groups in total. The fraction of sp³-hybridized carbons (Fsp3) is 0.258. The second-order valence-electron chi connectivity index (χ2n) is 9.63. The average Bonchev–Trinajstić information content (AvgIpc) is 3.22. The van der Waals surface area contributed by atoms with Crippen molar-refractivity contribution in [1.82, 2.24) is 9.29 Å². The van der Waals surface area contributed by atoms with E-state index in [9.17, 15) is 31.5 Å². The molecule has 3 aromatic carbocycles. The Morgan fingerprint density at radius 3 is 2.28 bits per heavy atom. The lowest BCUT2D eigenvalue weighted by Gasteiger charge is -2.16. The van der Waals surface area contributed by atoms with E-state index in [1.807, 2.05) is 4.57 Å². The van der Waals surface area contributed by atoms with Crippen LogP contribution in [-0.2, 0) is 34.0 Å². The van der Waals surface area contributed by atoms with Crippen molar-refractivity contribution in [2.75, 3.05) is 13.7 Å². The lowest BCUT2D eigenvalue weighted by atomic mass is 10.0. The van der Waals surface area contributed by atoms with E-state index in [1.165, 1.54) is 43.5 Å². The van der Waals surface area contributed by atoms with Crippen molar-refractivity contribution in [2.24, 2.45) is 0 Å². The Morgan fingerprint density at radius 1 is 1.05 bits per heavy atom. The number of sulfonamides is 1. The number of carboxylic acid groups (broad SMARTS) is 1. The van der Waals surface area contributed by atoms with E-state index in [1.54, 1.807) is 32.0 Å². The van der Waals surface area contributed by atoms with Crippen LogP contribution in [0.4, 0.5) is 13.2 Å². The minimum Gasteiger partial charge on any atom is -0.497 e. The number of alkyl halides is 3. The predicted octanol–water partition coefficient (Wildman–Crippen LogP) is 5.40. The molecular weight excluding hydrogens is 585 g/mol. The Kier molecular flexibility index (Phi) is 9.37. The van der Waals surface area contributed by atoms with Gasteiger partial charge in [-0.25, -0.2) is 8.42 Å². The predicted molar refractivity (Wildman–Crippen MR) is 155 cm³/mol. The number of nitrogens with zero attached hydrogens (tertiary/aromatic N) is 1. The van der Waals surface area contributed by atoms with Crippen LogP contribution in [0.25, 0.3) is 10.9 Å². The van der Waals surface area contributed by atoms with Crippen molar-refractivity contribution < 1.29 is 41.0 Å². The molecule has 8 nitrogen and oxygen atoms in total. The largest absolute Gasteiger partial charge is 0.497 e. The first kappa shape index (κ1) is 31.5. The maximum Gasteiger partial charge on any atom is 0.416 e. The summed E-state index contributed by atoms with van der Waals surface area (Å²) in [6, 6.07) is 14.0. The topological polar surface area (TPSA) is 107 Å². The third-order valence-corrected chi connectivity index (χ3v) is 8.40. The minimum absolute atomic E-state index is 0.137. The second-order valence-corrected chi connectivity index (χ2v) is 11.3. The Bertz CT molecular complexity index is 1790. The lowest BCUT2D eigenvalue weighted by Crippen LogP contribution is -2.42. The third-order valence-electron chi connectivity index (χ3n) is 6.91. The molecule has 0 aliphatic rings. The normalized spacial score (nSPS) is 12.4. The van der Waals surface area contributed by atoms with Gasteiger partial charge in [-0.15, -0.1) is 5.92 Å². The Hall–Kier alpha value is -4.47. The van der Waals surface area contributed by atoms with Crippen LogP contribution in [-0.4, -0.2) is 43.8 Å². The second kappa shape index (κ2) is 12.8. The summed E-state index contributed by atoms with van der Waals surface area (Å²) >= 11 is 0. The molecule has 0 bridgehead atoms. The van der Waals surface area contributed by atoms with Crippen molar-refractivity contribution in [1.29, 1.82) is 0 Å². The maximum atomic E-state index is 13.2. The van der Waals surface area contributed by atoms with Crippen LogP contribution < -0.4 is 14.2 Å². The molecule has 4 rings (SSSR count). The molecule has 0 unspecified atom stereocenters. The Labute approximate surface area is 247 Å². The molecule has 4 aromatic rings. The molecule has 0 fully saturated rings. The molecule has 1 heterocycles. The number of fused-ring (bicyclic) bond motifs is 1. The van der Waals surface area contributed by atoms with Crippen LogP contribution in [0.1, 0.15) is 29.3 Å². The van der Waals surface area contributed by atoms with Gasteiger partial charge in [-0.3, -0.25) is 4.79 Å². The lowest BCUT2D eigenvalue weighted by molar-refractivity contribution is -0.139. The molecule has 226 valence electrons. The first-order valence-corrected chi connectivity index (χ1v) is 14.5. The van der Waals surface area contributed by atoms with E-state index in [4.69, 9.17) is 9.47 Å². The van der Waals surface area contributed by atoms with E-state index < -0.39 is 33.8 Å². The minimum atomic E-state index is -4.46. The molecule has 0 aliphatic heterocycles. The van der Waals surface area contributed by atoms with Gasteiger partial charge in [0.15, 0.2) is 0 Å². The van der Waals surface area contributed by atoms with E-state index in [-0.39, 0.29) is 24.5 Å². The first-order chi connectivity index (χ1) is 20.3. The summed E-state index contributed by atoms with van der Waals surface area (Å²) in [5.41, 5.74) is 1.70. The number of ether oxygens (including phenoxy) is 2. The van der Waals surface area contributed by atoms with Gasteiger partial charge in [0.1, 0.15) is 24.1 Å². The maximum absolute atomic E-state index is 13.2. The van der Waals surface area contributed by atoms with Crippen molar-refractivity contribution in [3.63, 3.8) is 0 Å². The van der Waals surface area contributed by atoms with E-state index >= 15 is 0 Å². The van der Waals surface area contributed by atoms with Crippen molar-refractivity contribution in [2.45, 2.75) is 43.9 Å². The SMILES string of the molecule is CC#CCOc1ccc(S(=O)(=O)N[C@@H](Cc2c(C)n(Cc3ccc(C(F)(F)F)cc3)c3ccc(OC)cc23)C(=O)O)cc1. The molecular formula is C31H29F3N2O6S. The van der Waals surface area contributed by atoms with Gasteiger partial charge in [-0.1, -0.05) is 18.1 Å². The summed E-state index contributed by atoms with van der Waals surface area (Å²) in [7, 11) is -2.76. The van der Waals surface area contributed by atoms with Gasteiger partial charge < -0.3 is 19.1 Å². The number of carboxylic acids is 1. The zero-order chi connectivity index (χ0) is 31.4. The zero-order valence-corrected chi connectivity index (χ0v) is 24.3. The fourth-order valence-electron chi connectivity index (χ4n) is 4.65. The van der Waals surface area contributed by atoms with Gasteiger partial charge in [-0.05, 0) is 79.6 Å². The van der Waals surface area contributed by atoms with Crippen molar-refractivity contribution in [3.05, 3.63) is 89.1 Å². The number of carbonyl (C=O) groups is 1. The number of hydrogen-bond donors (Lipinski definition) is 2. The standard InChI is InChI=1S/C31H29F3N2O6S/c1-4-5-16-42-23-10-13-25(14-11-23)43(39,40)35-28(30(37)38)18-26-20(2)36(29-15-12-24(41-3)17-27(26)29)19-21-6-8-22(9-7-21)31(32,33)34/h6-15,17,28,35H,16,18-19H2,1-3H3,(H,37,38)/t28-/m0/s1. The highest BCUT2D eigenvalue weighted by Gasteiger charge is 2.31. The summed E-state index contributed by atoms with van der Waals surface area (Å²) in [6.45, 7) is 3.76. The number of hydrogen-bond acceptors (Lipinski definition) is 5. The molecule has 43 heavy (non-hydrogen) atoms. The average molecular weight is 615 g/mol. The number of rotatable bonds is 11. The van der Waals surface area contributed by atoms with E-state index in [0.29, 0.717) is 39.2 Å². The zero-order valence-electron chi connectivity index (χ0n) is 23.5. The number of nitrogens with one attached hydrogen (secondary N) is 1. The summed E-state index contributed by atoms with van der Waals surface area (Å²) in [5, 5.41) is 10.7. The van der Waals surface area contributed by atoms with Gasteiger partial charge in [-0.2, -0.15) is 17.9 Å². The fourth-order valence-corrected chi connectivity index (χ4v) is 5.84. The van der Waals surface area contributed by atoms with E-state index in [0.717, 1.165) is 12.1 Å². The summed E-state index contributed by atoms with van der Waals surface area (Å²) in [5.74, 6) is 4.94. The highest BCUT2D eigenvalue weighted by atomic mass is 32.2. The quantitative estimate of drug-likeness (QED) is 0.219. The molecule has 1 atom stereocenters. The van der Waals surface area contributed by atoms with Gasteiger partial charge >= 0.3 is 12.1 Å². The van der Waals surface area contributed by atoms with Crippen LogP contribution in [0.3, 0.4) is 0 Å². The molecule has 0 amide bonds. The number of halogens is 3. The Morgan fingerprint density at radius 2 is 1.70 bits per heavy atom. The van der Waals surface area contributed by atoms with Crippen LogP contribution in [0.2, 0.25) is 0 Å². The number of aromatic nitrogens is 1. The van der Waals surface area contributed by atoms with Crippen LogP contribution in [0.5, 0.6) is 11.5 Å². The smallest absolute Gasteiger partial charge is 0.416 e. The summed E-state index contributed by atoms with van der Waals surface area (Å²) < 4.78 is 80.4. The molecule has 1 aromatic heterocycles. The molecule has 0 aliphatic carbocycles. The summed E-state index contributed by atoms with van der Waals surface area (Å²) in [4.78, 5) is 12.2. The first-order valence-electron chi connectivity index (χ1n) is 13.0. The Balaban J connectivity index is 1.66. The summed E-state index contributed by atoms with van der Waals surface area (Å²) in [6.07, 6.45) is -4.67. The van der Waals surface area contributed by atoms with E-state index in [2.05, 4.69) is 16.6 Å². The monoisotopic (exact) mass is 614 g/mol. The highest BCUT2D eigenvalue weighted by molar-refractivity contribution is 7.89. The van der Waals surface area contributed by atoms with Crippen LogP contribution >= 0.6 is 0 Å². The van der Waals surface area contributed by atoms with Gasteiger partial charge in [0.05, 0.1) is 17.6 Å². The highest BCUT2D eigenvalue weighted by Crippen LogP contribution is 2.33. The number of benzene rings is 3. The molecule has 0 spiro atoms. The van der Waals surface area contributed by atoms with Gasteiger partial charge in [0.25, 0.3) is 0 Å². The molecule has 0 radical (unpaired) electrons. The van der Waals surface area contributed by atoms with Crippen LogP contribution in [0, 0.1) is 18.8 Å². The van der Waals surface area contributed by atoms with Crippen LogP contribution in [0.15, 0.2) is 71.6 Å². The number of methoxy groups -OCH3 is 1. The molecule has 0 saturated carbocycles. The third kappa shape index (κ3) is 7.31. The van der Waals surface area contributed by atoms with Gasteiger partial charge in [0.2, 0.25) is 10.0 Å². The van der Waals surface area contributed by atoms with Crippen molar-refractivity contribution in [3.8, 4) is 23.3 Å². The molecule has 0 saturated heterocycles. The van der Waals surface area contributed by atoms with Crippen molar-refractivity contribution >= 4 is 26.9 Å². The number of aliphatic carboxylic acids is 1. The molecule has 12 heteroatoms. The van der Waals surface area contributed by atoms with Gasteiger partial charge in [0, 0.05) is 29.6 Å².